The molecule has 2 unspecified atom stereocenters. The number of hydrogen-bond donors (Lipinski definition) is 1. The summed E-state index contributed by atoms with van der Waals surface area (Å²) in [5.74, 6) is 0.762. The van der Waals surface area contributed by atoms with Gasteiger partial charge in [0.1, 0.15) is 0 Å². The van der Waals surface area contributed by atoms with E-state index in [0.29, 0.717) is 6.04 Å². The Morgan fingerprint density at radius 3 is 2.42 bits per heavy atom. The summed E-state index contributed by atoms with van der Waals surface area (Å²) in [5, 5.41) is 3.72. The molecule has 0 aromatic heterocycles. The number of rotatable bonds is 7. The standard InChI is InChI=1S/C17H28BrN/c1-6-8-19-17(9-12(3)7-2)15-10-14(5)16(18)11-13(15)4/h10-12,17,19H,6-9H2,1-5H3. The molecule has 0 radical (unpaired) electrons. The van der Waals surface area contributed by atoms with Crippen LogP contribution in [0.4, 0.5) is 0 Å². The molecule has 1 aromatic carbocycles. The molecule has 2 heteroatoms. The van der Waals surface area contributed by atoms with Crippen molar-refractivity contribution < 1.29 is 0 Å². The molecule has 0 fully saturated rings. The van der Waals surface area contributed by atoms with Gasteiger partial charge in [0.2, 0.25) is 0 Å². The quantitative estimate of drug-likeness (QED) is 0.693. The molecule has 1 rings (SSSR count). The first-order valence-electron chi connectivity index (χ1n) is 7.49. The largest absolute Gasteiger partial charge is 0.310 e. The minimum absolute atomic E-state index is 0.488. The predicted octanol–water partition coefficient (Wildman–Crippen LogP) is 5.54. The van der Waals surface area contributed by atoms with Crippen LogP contribution in [0.25, 0.3) is 0 Å². The monoisotopic (exact) mass is 325 g/mol. The summed E-state index contributed by atoms with van der Waals surface area (Å²) in [6.07, 6.45) is 3.66. The van der Waals surface area contributed by atoms with Crippen LogP contribution < -0.4 is 5.32 Å². The van der Waals surface area contributed by atoms with Crippen LogP contribution in [0.3, 0.4) is 0 Å². The van der Waals surface area contributed by atoms with E-state index in [1.54, 1.807) is 0 Å². The normalized spacial score (nSPS) is 14.4. The van der Waals surface area contributed by atoms with E-state index in [4.69, 9.17) is 0 Å². The molecule has 0 amide bonds. The van der Waals surface area contributed by atoms with Crippen molar-refractivity contribution in [3.05, 3.63) is 33.3 Å². The van der Waals surface area contributed by atoms with Crippen molar-refractivity contribution in [2.45, 2.75) is 59.9 Å². The van der Waals surface area contributed by atoms with E-state index in [1.807, 2.05) is 0 Å². The van der Waals surface area contributed by atoms with Crippen LogP contribution in [0.5, 0.6) is 0 Å². The Hall–Kier alpha value is -0.340. The maximum absolute atomic E-state index is 3.72. The summed E-state index contributed by atoms with van der Waals surface area (Å²) in [7, 11) is 0. The average Bonchev–Trinajstić information content (AvgIpc) is 2.38. The Bertz CT molecular complexity index is 400. The highest BCUT2D eigenvalue weighted by Gasteiger charge is 2.16. The predicted molar refractivity (Wildman–Crippen MR) is 88.7 cm³/mol. The fraction of sp³-hybridized carbons (Fsp3) is 0.647. The lowest BCUT2D eigenvalue weighted by atomic mass is 9.91. The first-order valence-corrected chi connectivity index (χ1v) is 8.28. The third-order valence-corrected chi connectivity index (χ3v) is 4.75. The van der Waals surface area contributed by atoms with Gasteiger partial charge in [0.25, 0.3) is 0 Å². The molecule has 1 nitrogen and oxygen atoms in total. The van der Waals surface area contributed by atoms with Gasteiger partial charge in [-0.25, -0.2) is 0 Å². The maximum Gasteiger partial charge on any atom is 0.0325 e. The van der Waals surface area contributed by atoms with Gasteiger partial charge >= 0.3 is 0 Å². The summed E-state index contributed by atoms with van der Waals surface area (Å²) in [4.78, 5) is 0. The van der Waals surface area contributed by atoms with Gasteiger partial charge in [-0.1, -0.05) is 49.2 Å². The first-order chi connectivity index (χ1) is 8.99. The molecule has 0 saturated heterocycles. The zero-order valence-corrected chi connectivity index (χ0v) is 14.6. The van der Waals surface area contributed by atoms with Gasteiger partial charge in [0.15, 0.2) is 0 Å². The Kier molecular flexibility index (Phi) is 7.09. The van der Waals surface area contributed by atoms with Crippen LogP contribution in [0, 0.1) is 19.8 Å². The van der Waals surface area contributed by atoms with Crippen LogP contribution >= 0.6 is 15.9 Å². The number of halogens is 1. The molecule has 0 heterocycles. The summed E-state index contributed by atoms with van der Waals surface area (Å²) >= 11 is 3.63. The molecule has 0 aliphatic heterocycles. The second-order valence-corrected chi connectivity index (χ2v) is 6.57. The van der Waals surface area contributed by atoms with E-state index >= 15 is 0 Å². The molecule has 0 saturated carbocycles. The highest BCUT2D eigenvalue weighted by atomic mass is 79.9. The van der Waals surface area contributed by atoms with Crippen LogP contribution in [-0.2, 0) is 0 Å². The Balaban J connectivity index is 2.98. The number of hydrogen-bond acceptors (Lipinski definition) is 1. The van der Waals surface area contributed by atoms with Gasteiger partial charge in [-0.05, 0) is 61.9 Å². The van der Waals surface area contributed by atoms with Crippen LogP contribution in [0.2, 0.25) is 0 Å². The SMILES string of the molecule is CCCNC(CC(C)CC)c1cc(C)c(Br)cc1C. The number of aryl methyl sites for hydroxylation is 2. The van der Waals surface area contributed by atoms with Crippen molar-refractivity contribution in [3.63, 3.8) is 0 Å². The van der Waals surface area contributed by atoms with Crippen molar-refractivity contribution in [2.24, 2.45) is 5.92 Å². The van der Waals surface area contributed by atoms with Crippen molar-refractivity contribution in [1.82, 2.24) is 5.32 Å². The molecular weight excluding hydrogens is 298 g/mol. The van der Waals surface area contributed by atoms with Crippen molar-refractivity contribution in [3.8, 4) is 0 Å². The summed E-state index contributed by atoms with van der Waals surface area (Å²) in [5.41, 5.74) is 4.18. The van der Waals surface area contributed by atoms with E-state index in [9.17, 15) is 0 Å². The lowest BCUT2D eigenvalue weighted by Gasteiger charge is -2.24. The molecule has 0 aliphatic carbocycles. The summed E-state index contributed by atoms with van der Waals surface area (Å²) in [6.45, 7) is 12.3. The molecule has 0 bridgehead atoms. The van der Waals surface area contributed by atoms with Gasteiger partial charge in [0, 0.05) is 10.5 Å². The van der Waals surface area contributed by atoms with Crippen molar-refractivity contribution in [1.29, 1.82) is 0 Å². The van der Waals surface area contributed by atoms with Gasteiger partial charge in [-0.2, -0.15) is 0 Å². The maximum atomic E-state index is 3.72. The number of benzene rings is 1. The van der Waals surface area contributed by atoms with E-state index in [-0.39, 0.29) is 0 Å². The van der Waals surface area contributed by atoms with E-state index in [2.05, 4.69) is 68.0 Å². The Morgan fingerprint density at radius 2 is 1.84 bits per heavy atom. The topological polar surface area (TPSA) is 12.0 Å². The van der Waals surface area contributed by atoms with E-state index in [1.165, 1.54) is 40.4 Å². The molecule has 0 aliphatic rings. The second-order valence-electron chi connectivity index (χ2n) is 5.71. The fourth-order valence-electron chi connectivity index (χ4n) is 2.39. The second kappa shape index (κ2) is 8.06. The average molecular weight is 326 g/mol. The molecule has 0 spiro atoms. The highest BCUT2D eigenvalue weighted by Crippen LogP contribution is 2.29. The third-order valence-electron chi connectivity index (χ3n) is 3.90. The third kappa shape index (κ3) is 4.92. The summed E-state index contributed by atoms with van der Waals surface area (Å²) < 4.78 is 1.21. The lowest BCUT2D eigenvalue weighted by Crippen LogP contribution is -2.24. The summed E-state index contributed by atoms with van der Waals surface area (Å²) in [6, 6.07) is 5.08. The van der Waals surface area contributed by atoms with Crippen LogP contribution in [0.15, 0.2) is 16.6 Å². The molecule has 19 heavy (non-hydrogen) atoms. The van der Waals surface area contributed by atoms with Gasteiger partial charge < -0.3 is 5.32 Å². The van der Waals surface area contributed by atoms with Crippen LogP contribution in [0.1, 0.15) is 62.8 Å². The molecular formula is C17H28BrN. The minimum Gasteiger partial charge on any atom is -0.310 e. The van der Waals surface area contributed by atoms with Crippen LogP contribution in [-0.4, -0.2) is 6.54 Å². The van der Waals surface area contributed by atoms with Crippen molar-refractivity contribution in [2.75, 3.05) is 6.54 Å². The fourth-order valence-corrected chi connectivity index (χ4v) is 2.84. The zero-order valence-electron chi connectivity index (χ0n) is 13.0. The van der Waals surface area contributed by atoms with E-state index < -0.39 is 0 Å². The molecule has 1 N–H and O–H groups in total. The van der Waals surface area contributed by atoms with Crippen molar-refractivity contribution >= 4 is 15.9 Å². The lowest BCUT2D eigenvalue weighted by molar-refractivity contribution is 0.401. The number of nitrogens with one attached hydrogen (secondary N) is 1. The van der Waals surface area contributed by atoms with Gasteiger partial charge in [0.05, 0.1) is 0 Å². The minimum atomic E-state index is 0.488. The first kappa shape index (κ1) is 16.7. The Morgan fingerprint density at radius 1 is 1.16 bits per heavy atom. The smallest absolute Gasteiger partial charge is 0.0325 e. The highest BCUT2D eigenvalue weighted by molar-refractivity contribution is 9.10. The molecule has 108 valence electrons. The van der Waals surface area contributed by atoms with Gasteiger partial charge in [-0.15, -0.1) is 0 Å². The zero-order chi connectivity index (χ0) is 14.4. The van der Waals surface area contributed by atoms with E-state index in [0.717, 1.165) is 12.5 Å². The molecule has 1 aromatic rings. The van der Waals surface area contributed by atoms with Gasteiger partial charge in [-0.3, -0.25) is 0 Å². The molecule has 2 atom stereocenters. The Labute approximate surface area is 127 Å².